The predicted molar refractivity (Wildman–Crippen MR) is 124 cm³/mol. The van der Waals surface area contributed by atoms with Gasteiger partial charge in [0.05, 0.1) is 39.1 Å². The van der Waals surface area contributed by atoms with Crippen LogP contribution in [0.5, 0.6) is 0 Å². The lowest BCUT2D eigenvalue weighted by atomic mass is 10.1. The third kappa shape index (κ3) is 8.07. The van der Waals surface area contributed by atoms with Gasteiger partial charge in [-0.3, -0.25) is 4.90 Å². The molecule has 2 saturated heterocycles. The Bertz CT molecular complexity index is 685. The summed E-state index contributed by atoms with van der Waals surface area (Å²) in [5.74, 6) is 1.56. The average Bonchev–Trinajstić information content (AvgIpc) is 3.23. The van der Waals surface area contributed by atoms with Crippen molar-refractivity contribution in [2.75, 3.05) is 66.3 Å². The molecule has 2 heterocycles. The molecule has 0 saturated carbocycles. The molecule has 2 aliphatic heterocycles. The van der Waals surface area contributed by atoms with Crippen molar-refractivity contribution >= 4 is 5.96 Å². The molecule has 7 nitrogen and oxygen atoms in total. The molecule has 2 atom stereocenters. The van der Waals surface area contributed by atoms with Crippen molar-refractivity contribution in [3.8, 4) is 0 Å². The Morgan fingerprint density at radius 3 is 2.90 bits per heavy atom. The highest BCUT2D eigenvalue weighted by atomic mass is 16.5. The minimum Gasteiger partial charge on any atom is -0.382 e. The molecule has 2 unspecified atom stereocenters. The fourth-order valence-electron chi connectivity index (χ4n) is 4.26. The van der Waals surface area contributed by atoms with E-state index in [1.54, 1.807) is 7.11 Å². The number of rotatable bonds is 10. The highest BCUT2D eigenvalue weighted by Crippen LogP contribution is 2.17. The van der Waals surface area contributed by atoms with Gasteiger partial charge in [0.15, 0.2) is 5.96 Å². The first kappa shape index (κ1) is 24.0. The standard InChI is InChI=1S/C24H40N4O3/c1-4-25-24(28-9-8-23(18-28)19-30-13-12-29-3)26-15-21-6-5-7-22(14-21)17-27-10-11-31-20(2)16-27/h5-7,14,20,23H,4,8-13,15-19H2,1-3H3,(H,25,26). The average molecular weight is 433 g/mol. The Labute approximate surface area is 187 Å². The van der Waals surface area contributed by atoms with Crippen LogP contribution in [0.25, 0.3) is 0 Å². The van der Waals surface area contributed by atoms with Gasteiger partial charge >= 0.3 is 0 Å². The molecule has 0 bridgehead atoms. The van der Waals surface area contributed by atoms with Gasteiger partial charge in [0, 0.05) is 52.3 Å². The first-order valence-corrected chi connectivity index (χ1v) is 11.7. The fourth-order valence-corrected chi connectivity index (χ4v) is 4.26. The van der Waals surface area contributed by atoms with Gasteiger partial charge < -0.3 is 24.4 Å². The van der Waals surface area contributed by atoms with Crippen LogP contribution in [0.1, 0.15) is 31.4 Å². The summed E-state index contributed by atoms with van der Waals surface area (Å²) in [5, 5.41) is 3.47. The van der Waals surface area contributed by atoms with Crippen LogP contribution in [0.15, 0.2) is 29.3 Å². The van der Waals surface area contributed by atoms with Crippen LogP contribution in [0, 0.1) is 5.92 Å². The predicted octanol–water partition coefficient (Wildman–Crippen LogP) is 2.36. The highest BCUT2D eigenvalue weighted by molar-refractivity contribution is 5.80. The van der Waals surface area contributed by atoms with Gasteiger partial charge in [-0.05, 0) is 31.4 Å². The van der Waals surface area contributed by atoms with Crippen LogP contribution in [-0.4, -0.2) is 88.1 Å². The third-order valence-corrected chi connectivity index (χ3v) is 5.84. The van der Waals surface area contributed by atoms with E-state index in [0.717, 1.165) is 64.9 Å². The number of aliphatic imine (C=N–C) groups is 1. The first-order valence-electron chi connectivity index (χ1n) is 11.7. The van der Waals surface area contributed by atoms with Gasteiger partial charge in [-0.2, -0.15) is 0 Å². The molecule has 1 N–H and O–H groups in total. The number of likely N-dealkylation sites (tertiary alicyclic amines) is 1. The molecule has 1 aromatic carbocycles. The maximum atomic E-state index is 5.73. The van der Waals surface area contributed by atoms with Crippen molar-refractivity contribution in [1.82, 2.24) is 15.1 Å². The molecule has 2 aliphatic rings. The van der Waals surface area contributed by atoms with Crippen molar-refractivity contribution < 1.29 is 14.2 Å². The Morgan fingerprint density at radius 1 is 1.23 bits per heavy atom. The lowest BCUT2D eigenvalue weighted by Gasteiger charge is -2.31. The summed E-state index contributed by atoms with van der Waals surface area (Å²) in [6.07, 6.45) is 1.46. The summed E-state index contributed by atoms with van der Waals surface area (Å²) in [6, 6.07) is 8.84. The second-order valence-electron chi connectivity index (χ2n) is 8.58. The largest absolute Gasteiger partial charge is 0.382 e. The second kappa shape index (κ2) is 13.0. The molecule has 2 fully saturated rings. The van der Waals surface area contributed by atoms with Gasteiger partial charge in [-0.15, -0.1) is 0 Å². The topological polar surface area (TPSA) is 58.6 Å². The molecule has 0 radical (unpaired) electrons. The summed E-state index contributed by atoms with van der Waals surface area (Å²) in [4.78, 5) is 9.79. The van der Waals surface area contributed by atoms with Crippen molar-refractivity contribution in [2.45, 2.75) is 39.5 Å². The van der Waals surface area contributed by atoms with Crippen molar-refractivity contribution in [1.29, 1.82) is 0 Å². The van der Waals surface area contributed by atoms with Gasteiger partial charge in [0.1, 0.15) is 0 Å². The molecule has 7 heteroatoms. The van der Waals surface area contributed by atoms with E-state index in [2.05, 4.69) is 53.2 Å². The number of ether oxygens (including phenoxy) is 3. The maximum Gasteiger partial charge on any atom is 0.194 e. The van der Waals surface area contributed by atoms with Crippen LogP contribution in [0.2, 0.25) is 0 Å². The zero-order chi connectivity index (χ0) is 21.9. The van der Waals surface area contributed by atoms with Gasteiger partial charge in [-0.1, -0.05) is 24.3 Å². The smallest absolute Gasteiger partial charge is 0.194 e. The van der Waals surface area contributed by atoms with Crippen molar-refractivity contribution in [3.63, 3.8) is 0 Å². The maximum absolute atomic E-state index is 5.73. The molecule has 0 amide bonds. The van der Waals surface area contributed by atoms with E-state index < -0.39 is 0 Å². The van der Waals surface area contributed by atoms with Gasteiger partial charge in [0.2, 0.25) is 0 Å². The molecule has 0 spiro atoms. The highest BCUT2D eigenvalue weighted by Gasteiger charge is 2.25. The fraction of sp³-hybridized carbons (Fsp3) is 0.708. The zero-order valence-electron chi connectivity index (χ0n) is 19.5. The lowest BCUT2D eigenvalue weighted by Crippen LogP contribution is -2.40. The molecule has 1 aromatic rings. The van der Waals surface area contributed by atoms with E-state index >= 15 is 0 Å². The summed E-state index contributed by atoms with van der Waals surface area (Å²) >= 11 is 0. The normalized spacial score (nSPS) is 22.8. The molecular weight excluding hydrogens is 392 g/mol. The van der Waals surface area contributed by atoms with E-state index in [4.69, 9.17) is 19.2 Å². The Hall–Kier alpha value is -1.67. The number of methoxy groups -OCH3 is 1. The zero-order valence-corrected chi connectivity index (χ0v) is 19.5. The molecular formula is C24H40N4O3. The number of nitrogens with one attached hydrogen (secondary N) is 1. The molecule has 0 aliphatic carbocycles. The summed E-state index contributed by atoms with van der Waals surface area (Å²) in [7, 11) is 1.71. The quantitative estimate of drug-likeness (QED) is 0.348. The van der Waals surface area contributed by atoms with E-state index in [0.29, 0.717) is 31.8 Å². The molecule has 3 rings (SSSR count). The van der Waals surface area contributed by atoms with Crippen LogP contribution in [0.4, 0.5) is 0 Å². The van der Waals surface area contributed by atoms with Gasteiger partial charge in [0.25, 0.3) is 0 Å². The van der Waals surface area contributed by atoms with Crippen molar-refractivity contribution in [2.24, 2.45) is 10.9 Å². The van der Waals surface area contributed by atoms with Crippen LogP contribution >= 0.6 is 0 Å². The van der Waals surface area contributed by atoms with E-state index in [1.165, 1.54) is 11.1 Å². The SMILES string of the molecule is CCNC(=NCc1cccc(CN2CCOC(C)C2)c1)N1CCC(COCCOC)C1. The summed E-state index contributed by atoms with van der Waals surface area (Å²) < 4.78 is 16.4. The van der Waals surface area contributed by atoms with E-state index in [-0.39, 0.29) is 0 Å². The molecule has 0 aromatic heterocycles. The number of benzene rings is 1. The van der Waals surface area contributed by atoms with E-state index in [9.17, 15) is 0 Å². The monoisotopic (exact) mass is 432 g/mol. The van der Waals surface area contributed by atoms with Crippen LogP contribution < -0.4 is 5.32 Å². The Balaban J connectivity index is 1.53. The Morgan fingerprint density at radius 2 is 2.10 bits per heavy atom. The van der Waals surface area contributed by atoms with Gasteiger partial charge in [-0.25, -0.2) is 4.99 Å². The minimum atomic E-state index is 0.318. The minimum absolute atomic E-state index is 0.318. The summed E-state index contributed by atoms with van der Waals surface area (Å²) in [6.45, 7) is 13.8. The number of morpholine rings is 1. The third-order valence-electron chi connectivity index (χ3n) is 5.84. The lowest BCUT2D eigenvalue weighted by molar-refractivity contribution is -0.0212. The second-order valence-corrected chi connectivity index (χ2v) is 8.58. The molecule has 174 valence electrons. The van der Waals surface area contributed by atoms with Crippen molar-refractivity contribution in [3.05, 3.63) is 35.4 Å². The number of guanidine groups is 1. The summed E-state index contributed by atoms with van der Waals surface area (Å²) in [5.41, 5.74) is 2.61. The van der Waals surface area contributed by atoms with Crippen LogP contribution in [-0.2, 0) is 27.3 Å². The number of hydrogen-bond donors (Lipinski definition) is 1. The number of nitrogens with zero attached hydrogens (tertiary/aromatic N) is 3. The molecule has 31 heavy (non-hydrogen) atoms. The van der Waals surface area contributed by atoms with Crippen LogP contribution in [0.3, 0.4) is 0 Å². The number of hydrogen-bond acceptors (Lipinski definition) is 5. The Kier molecular flexibility index (Phi) is 10.1. The van der Waals surface area contributed by atoms with E-state index in [1.807, 2.05) is 0 Å². The first-order chi connectivity index (χ1) is 15.2.